The number of nitrogens with zero attached hydrogens (tertiary/aromatic N) is 3. The van der Waals surface area contributed by atoms with Crippen LogP contribution >= 0.6 is 0 Å². The Kier molecular flexibility index (Phi) is 5.44. The lowest BCUT2D eigenvalue weighted by molar-refractivity contribution is -0.125. The predicted octanol–water partition coefficient (Wildman–Crippen LogP) is 2.50. The number of hydrogen-bond acceptors (Lipinski definition) is 7. The van der Waals surface area contributed by atoms with Crippen LogP contribution in [0.15, 0.2) is 40.8 Å². The van der Waals surface area contributed by atoms with Crippen molar-refractivity contribution in [1.29, 1.82) is 0 Å². The first-order valence-electron chi connectivity index (χ1n) is 12.3. The summed E-state index contributed by atoms with van der Waals surface area (Å²) in [6.45, 7) is 4.19. The molecule has 38 heavy (non-hydrogen) atoms. The summed E-state index contributed by atoms with van der Waals surface area (Å²) in [4.78, 5) is 45.3. The van der Waals surface area contributed by atoms with Gasteiger partial charge in [0.25, 0.3) is 11.8 Å². The van der Waals surface area contributed by atoms with E-state index in [0.29, 0.717) is 41.8 Å². The van der Waals surface area contributed by atoms with E-state index in [9.17, 15) is 14.4 Å². The fourth-order valence-corrected chi connectivity index (χ4v) is 5.21. The molecule has 4 aromatic rings. The lowest BCUT2D eigenvalue weighted by atomic mass is 9.92. The number of aromatic amines is 1. The minimum atomic E-state index is -1.60. The molecule has 3 aromatic heterocycles. The summed E-state index contributed by atoms with van der Waals surface area (Å²) < 4.78 is 11.4. The minimum absolute atomic E-state index is 0.0971. The van der Waals surface area contributed by atoms with E-state index in [1.807, 2.05) is 32.0 Å². The SMILES string of the molecule is COc1ccc2c(c1)C(=O)N(C[C@@]1(c3cc4nc(Cc5c(C)n[nH]c5C)ccc4o3)NC(=O)NC1=O)CC2. The van der Waals surface area contributed by atoms with Gasteiger partial charge in [-0.1, -0.05) is 6.07 Å². The number of pyridine rings is 1. The Bertz CT molecular complexity index is 1600. The molecule has 1 saturated heterocycles. The zero-order valence-corrected chi connectivity index (χ0v) is 21.2. The Morgan fingerprint density at radius 1 is 1.13 bits per heavy atom. The monoisotopic (exact) mass is 514 g/mol. The number of aryl methyl sites for hydroxylation is 2. The molecule has 194 valence electrons. The van der Waals surface area contributed by atoms with Crippen molar-refractivity contribution >= 4 is 28.9 Å². The van der Waals surface area contributed by atoms with Crippen molar-refractivity contribution in [3.63, 3.8) is 0 Å². The molecule has 3 N–H and O–H groups in total. The number of H-pyrrole nitrogens is 1. The van der Waals surface area contributed by atoms with E-state index in [1.165, 1.54) is 0 Å². The maximum atomic E-state index is 13.4. The molecule has 1 aromatic carbocycles. The van der Waals surface area contributed by atoms with E-state index in [4.69, 9.17) is 14.1 Å². The Morgan fingerprint density at radius 2 is 1.97 bits per heavy atom. The van der Waals surface area contributed by atoms with Crippen LogP contribution in [0.1, 0.15) is 44.3 Å². The first-order chi connectivity index (χ1) is 18.3. The number of imide groups is 1. The van der Waals surface area contributed by atoms with Gasteiger partial charge in [0.05, 0.1) is 19.3 Å². The second kappa shape index (κ2) is 8.72. The number of rotatable bonds is 6. The largest absolute Gasteiger partial charge is 0.497 e. The van der Waals surface area contributed by atoms with Crippen molar-refractivity contribution in [3.05, 3.63) is 75.9 Å². The number of nitrogens with one attached hydrogen (secondary N) is 3. The van der Waals surface area contributed by atoms with E-state index in [2.05, 4.69) is 20.8 Å². The van der Waals surface area contributed by atoms with Gasteiger partial charge in [-0.25, -0.2) is 9.78 Å². The number of amides is 4. The van der Waals surface area contributed by atoms with Gasteiger partial charge in [0.2, 0.25) is 0 Å². The molecule has 0 bridgehead atoms. The molecule has 0 spiro atoms. The van der Waals surface area contributed by atoms with Crippen molar-refractivity contribution in [2.75, 3.05) is 20.2 Å². The van der Waals surface area contributed by atoms with Crippen LogP contribution in [0.3, 0.4) is 0 Å². The number of hydrogen-bond donors (Lipinski definition) is 3. The summed E-state index contributed by atoms with van der Waals surface area (Å²) in [7, 11) is 1.54. The maximum Gasteiger partial charge on any atom is 0.322 e. The number of aromatic nitrogens is 3. The van der Waals surface area contributed by atoms with Gasteiger partial charge in [-0.2, -0.15) is 5.10 Å². The van der Waals surface area contributed by atoms with Gasteiger partial charge in [0.15, 0.2) is 11.1 Å². The fourth-order valence-electron chi connectivity index (χ4n) is 5.21. The third kappa shape index (κ3) is 3.78. The molecule has 11 heteroatoms. The molecule has 4 amide bonds. The first kappa shape index (κ1) is 23.7. The second-order valence-electron chi connectivity index (χ2n) is 9.70. The van der Waals surface area contributed by atoms with Gasteiger partial charge in [0.1, 0.15) is 17.0 Å². The highest BCUT2D eigenvalue weighted by molar-refractivity contribution is 6.08. The molecule has 0 radical (unpaired) electrons. The Hall–Kier alpha value is -4.67. The van der Waals surface area contributed by atoms with Gasteiger partial charge < -0.3 is 19.4 Å². The second-order valence-corrected chi connectivity index (χ2v) is 9.70. The molecule has 0 saturated carbocycles. The molecule has 2 aliphatic heterocycles. The summed E-state index contributed by atoms with van der Waals surface area (Å²) in [5, 5.41) is 12.3. The van der Waals surface area contributed by atoms with E-state index in [1.54, 1.807) is 30.2 Å². The molecule has 5 heterocycles. The van der Waals surface area contributed by atoms with Crippen LogP contribution in [0.25, 0.3) is 11.1 Å². The van der Waals surface area contributed by atoms with Gasteiger partial charge >= 0.3 is 6.03 Å². The first-order valence-corrected chi connectivity index (χ1v) is 12.3. The Labute approximate surface area is 217 Å². The van der Waals surface area contributed by atoms with E-state index in [-0.39, 0.29) is 18.2 Å². The molecule has 1 atom stereocenters. The van der Waals surface area contributed by atoms with Crippen molar-refractivity contribution in [2.45, 2.75) is 32.2 Å². The summed E-state index contributed by atoms with van der Waals surface area (Å²) in [6, 6.07) is 10.0. The van der Waals surface area contributed by atoms with Crippen molar-refractivity contribution in [3.8, 4) is 5.75 Å². The fraction of sp³-hybridized carbons (Fsp3) is 0.296. The third-order valence-electron chi connectivity index (χ3n) is 7.35. The van der Waals surface area contributed by atoms with Crippen LogP contribution in [0.2, 0.25) is 0 Å². The zero-order valence-electron chi connectivity index (χ0n) is 21.2. The van der Waals surface area contributed by atoms with Crippen LogP contribution < -0.4 is 15.4 Å². The molecule has 11 nitrogen and oxygen atoms in total. The number of carbonyl (C=O) groups excluding carboxylic acids is 3. The molecular weight excluding hydrogens is 488 g/mol. The Balaban J connectivity index is 1.35. The molecule has 2 aliphatic rings. The van der Waals surface area contributed by atoms with Crippen molar-refractivity contribution < 1.29 is 23.5 Å². The molecule has 1 fully saturated rings. The summed E-state index contributed by atoms with van der Waals surface area (Å²) >= 11 is 0. The number of carbonyl (C=O) groups is 3. The topological polar surface area (TPSA) is 142 Å². The lowest BCUT2D eigenvalue weighted by Crippen LogP contribution is -2.55. The van der Waals surface area contributed by atoms with Crippen LogP contribution in [-0.4, -0.2) is 58.1 Å². The van der Waals surface area contributed by atoms with E-state index < -0.39 is 17.5 Å². The molecule has 0 aliphatic carbocycles. The molecule has 0 unspecified atom stereocenters. The van der Waals surface area contributed by atoms with Gasteiger partial charge in [-0.3, -0.25) is 20.0 Å². The zero-order chi connectivity index (χ0) is 26.6. The number of ether oxygens (including phenoxy) is 1. The number of urea groups is 1. The van der Waals surface area contributed by atoms with E-state index in [0.717, 1.165) is 28.2 Å². The molecular formula is C27H26N6O5. The average molecular weight is 515 g/mol. The average Bonchev–Trinajstić information content (AvgIpc) is 3.56. The number of furan rings is 1. The Morgan fingerprint density at radius 3 is 2.68 bits per heavy atom. The summed E-state index contributed by atoms with van der Waals surface area (Å²) in [5.74, 6) is -0.0579. The summed E-state index contributed by atoms with van der Waals surface area (Å²) in [5.41, 5.74) is 4.60. The lowest BCUT2D eigenvalue weighted by Gasteiger charge is -2.34. The quantitative estimate of drug-likeness (QED) is 0.336. The van der Waals surface area contributed by atoms with Crippen LogP contribution in [0.4, 0.5) is 4.79 Å². The highest BCUT2D eigenvalue weighted by atomic mass is 16.5. The minimum Gasteiger partial charge on any atom is -0.497 e. The number of benzene rings is 1. The van der Waals surface area contributed by atoms with Gasteiger partial charge in [-0.05, 0) is 50.1 Å². The van der Waals surface area contributed by atoms with Crippen LogP contribution in [0.5, 0.6) is 5.75 Å². The van der Waals surface area contributed by atoms with Gasteiger partial charge in [-0.15, -0.1) is 0 Å². The van der Waals surface area contributed by atoms with Crippen LogP contribution in [0, 0.1) is 13.8 Å². The highest BCUT2D eigenvalue weighted by Crippen LogP contribution is 2.33. The van der Waals surface area contributed by atoms with Gasteiger partial charge in [0, 0.05) is 41.5 Å². The van der Waals surface area contributed by atoms with E-state index >= 15 is 0 Å². The normalized spacial score (nSPS) is 19.0. The van der Waals surface area contributed by atoms with Crippen LogP contribution in [-0.2, 0) is 23.2 Å². The molecule has 6 rings (SSSR count). The number of methoxy groups -OCH3 is 1. The van der Waals surface area contributed by atoms with Crippen molar-refractivity contribution in [1.82, 2.24) is 30.7 Å². The predicted molar refractivity (Wildman–Crippen MR) is 136 cm³/mol. The van der Waals surface area contributed by atoms with Crippen molar-refractivity contribution in [2.24, 2.45) is 0 Å². The summed E-state index contributed by atoms with van der Waals surface area (Å²) in [6.07, 6.45) is 1.19. The smallest absolute Gasteiger partial charge is 0.322 e. The number of fused-ring (bicyclic) bond motifs is 2. The standard InChI is InChI=1S/C27H26N6O5/c1-14-19(15(2)32-31-14)10-17-5-7-22-21(28-17)12-23(38-22)27(25(35)29-26(36)30-27)13-33-9-8-16-4-6-18(37-3)11-20(16)24(33)34/h4-7,11-12H,8-10,13H2,1-3H3,(H,31,32)(H2,29,30,35,36)/t27-/m0/s1. The maximum absolute atomic E-state index is 13.4. The third-order valence-corrected chi connectivity index (χ3v) is 7.35. The highest BCUT2D eigenvalue weighted by Gasteiger charge is 2.52.